The van der Waals surface area contributed by atoms with Gasteiger partial charge in [0.25, 0.3) is 0 Å². The molecule has 112 valence electrons. The summed E-state index contributed by atoms with van der Waals surface area (Å²) in [6.07, 6.45) is 3.01. The maximum absolute atomic E-state index is 11.1. The predicted molar refractivity (Wildman–Crippen MR) is 75.4 cm³/mol. The highest BCUT2D eigenvalue weighted by molar-refractivity contribution is 5.73. The van der Waals surface area contributed by atoms with Crippen LogP contribution in [0.4, 0.5) is 0 Å². The molecule has 1 heterocycles. The standard InChI is InChI=1S/C14H28N2O3/c1-4-7-15-12(14(17)18)6-9-16-8-5-11(2)13(10-16)19-3/h11-13,15H,4-10H2,1-3H3,(H,17,18). The SMILES string of the molecule is CCCNC(CCN1CCC(C)C(OC)C1)C(=O)O. The van der Waals surface area contributed by atoms with E-state index < -0.39 is 12.0 Å². The number of nitrogens with zero attached hydrogens (tertiary/aromatic N) is 1. The van der Waals surface area contributed by atoms with Crippen molar-refractivity contribution in [2.75, 3.05) is 33.3 Å². The summed E-state index contributed by atoms with van der Waals surface area (Å²) in [5, 5.41) is 12.2. The van der Waals surface area contributed by atoms with Gasteiger partial charge >= 0.3 is 5.97 Å². The van der Waals surface area contributed by atoms with Gasteiger partial charge in [0.05, 0.1) is 6.10 Å². The van der Waals surface area contributed by atoms with Crippen LogP contribution in [0.3, 0.4) is 0 Å². The Kier molecular flexibility index (Phi) is 7.34. The molecule has 5 heteroatoms. The molecule has 3 atom stereocenters. The lowest BCUT2D eigenvalue weighted by Crippen LogP contribution is -2.46. The van der Waals surface area contributed by atoms with Crippen LogP contribution in [-0.2, 0) is 9.53 Å². The van der Waals surface area contributed by atoms with Crippen molar-refractivity contribution in [3.63, 3.8) is 0 Å². The molecule has 0 bridgehead atoms. The van der Waals surface area contributed by atoms with Gasteiger partial charge in [-0.2, -0.15) is 0 Å². The van der Waals surface area contributed by atoms with E-state index >= 15 is 0 Å². The lowest BCUT2D eigenvalue weighted by atomic mass is 9.95. The molecule has 1 saturated heterocycles. The number of methoxy groups -OCH3 is 1. The van der Waals surface area contributed by atoms with Crippen molar-refractivity contribution in [3.05, 3.63) is 0 Å². The molecule has 5 nitrogen and oxygen atoms in total. The summed E-state index contributed by atoms with van der Waals surface area (Å²) >= 11 is 0. The second-order valence-electron chi connectivity index (χ2n) is 5.47. The second kappa shape index (κ2) is 8.51. The number of carboxylic acids is 1. The molecule has 2 N–H and O–H groups in total. The predicted octanol–water partition coefficient (Wildman–Crippen LogP) is 1.19. The van der Waals surface area contributed by atoms with Gasteiger partial charge in [-0.1, -0.05) is 13.8 Å². The molecule has 1 rings (SSSR count). The maximum atomic E-state index is 11.1. The van der Waals surface area contributed by atoms with Gasteiger partial charge in [-0.05, 0) is 38.3 Å². The Bertz CT molecular complexity index is 273. The average molecular weight is 272 g/mol. The van der Waals surface area contributed by atoms with Gasteiger partial charge in [0.1, 0.15) is 6.04 Å². The summed E-state index contributed by atoms with van der Waals surface area (Å²) in [6, 6.07) is -0.430. The first-order chi connectivity index (χ1) is 9.08. The number of hydrogen-bond donors (Lipinski definition) is 2. The van der Waals surface area contributed by atoms with Crippen molar-refractivity contribution in [1.82, 2.24) is 10.2 Å². The van der Waals surface area contributed by atoms with Crippen LogP contribution in [-0.4, -0.2) is 61.4 Å². The van der Waals surface area contributed by atoms with E-state index in [1.165, 1.54) is 0 Å². The summed E-state index contributed by atoms with van der Waals surface area (Å²) in [5.74, 6) is -0.156. The first-order valence-electron chi connectivity index (χ1n) is 7.29. The number of likely N-dealkylation sites (tertiary alicyclic amines) is 1. The average Bonchev–Trinajstić information content (AvgIpc) is 2.40. The van der Waals surface area contributed by atoms with Gasteiger partial charge in [0.2, 0.25) is 0 Å². The first kappa shape index (κ1) is 16.4. The topological polar surface area (TPSA) is 61.8 Å². The van der Waals surface area contributed by atoms with Crippen LogP contribution >= 0.6 is 0 Å². The lowest BCUT2D eigenvalue weighted by molar-refractivity contribution is -0.139. The minimum absolute atomic E-state index is 0.278. The summed E-state index contributed by atoms with van der Waals surface area (Å²) in [5.41, 5.74) is 0. The van der Waals surface area contributed by atoms with Gasteiger partial charge in [-0.15, -0.1) is 0 Å². The fourth-order valence-corrected chi connectivity index (χ4v) is 2.55. The zero-order valence-electron chi connectivity index (χ0n) is 12.4. The zero-order chi connectivity index (χ0) is 14.3. The van der Waals surface area contributed by atoms with Crippen molar-refractivity contribution < 1.29 is 14.6 Å². The van der Waals surface area contributed by atoms with Gasteiger partial charge in [-0.3, -0.25) is 4.79 Å². The lowest BCUT2D eigenvalue weighted by Gasteiger charge is -2.36. The van der Waals surface area contributed by atoms with Crippen molar-refractivity contribution in [3.8, 4) is 0 Å². The Balaban J connectivity index is 2.35. The fraction of sp³-hybridized carbons (Fsp3) is 0.929. The van der Waals surface area contributed by atoms with E-state index in [9.17, 15) is 4.79 Å². The normalized spacial score (nSPS) is 26.3. The van der Waals surface area contributed by atoms with Crippen LogP contribution in [0.1, 0.15) is 33.1 Å². The van der Waals surface area contributed by atoms with E-state index in [1.54, 1.807) is 7.11 Å². The number of carbonyl (C=O) groups is 1. The number of piperidine rings is 1. The van der Waals surface area contributed by atoms with Crippen LogP contribution in [0, 0.1) is 5.92 Å². The van der Waals surface area contributed by atoms with E-state index in [2.05, 4.69) is 17.1 Å². The molecule has 1 aliphatic rings. The molecule has 1 aliphatic heterocycles. The number of ether oxygens (including phenoxy) is 1. The van der Waals surface area contributed by atoms with Crippen molar-refractivity contribution in [2.24, 2.45) is 5.92 Å². The Morgan fingerprint density at radius 2 is 2.32 bits per heavy atom. The Hall–Kier alpha value is -0.650. The van der Waals surface area contributed by atoms with Gasteiger partial charge < -0.3 is 20.1 Å². The third-order valence-corrected chi connectivity index (χ3v) is 3.95. The maximum Gasteiger partial charge on any atom is 0.320 e. The van der Waals surface area contributed by atoms with E-state index in [4.69, 9.17) is 9.84 Å². The molecule has 0 amide bonds. The quantitative estimate of drug-likeness (QED) is 0.695. The fourth-order valence-electron chi connectivity index (χ4n) is 2.55. The van der Waals surface area contributed by atoms with Crippen molar-refractivity contribution >= 4 is 5.97 Å². The number of hydrogen-bond acceptors (Lipinski definition) is 4. The van der Waals surface area contributed by atoms with E-state index in [0.29, 0.717) is 12.3 Å². The number of aliphatic carboxylic acids is 1. The molecule has 0 saturated carbocycles. The molecule has 0 aromatic heterocycles. The Morgan fingerprint density at radius 1 is 1.58 bits per heavy atom. The minimum Gasteiger partial charge on any atom is -0.480 e. The summed E-state index contributed by atoms with van der Waals surface area (Å²) in [7, 11) is 1.76. The van der Waals surface area contributed by atoms with Crippen molar-refractivity contribution in [2.45, 2.75) is 45.3 Å². The van der Waals surface area contributed by atoms with Crippen LogP contribution in [0.2, 0.25) is 0 Å². The molecule has 0 radical (unpaired) electrons. The van der Waals surface area contributed by atoms with Crippen molar-refractivity contribution in [1.29, 1.82) is 0 Å². The minimum atomic E-state index is -0.748. The smallest absolute Gasteiger partial charge is 0.320 e. The Morgan fingerprint density at radius 3 is 2.89 bits per heavy atom. The number of rotatable bonds is 8. The van der Waals surface area contributed by atoms with Gasteiger partial charge in [0, 0.05) is 20.2 Å². The van der Waals surface area contributed by atoms with E-state index in [1.807, 2.05) is 6.92 Å². The molecule has 0 aromatic rings. The molecule has 0 spiro atoms. The summed E-state index contributed by atoms with van der Waals surface area (Å²) < 4.78 is 5.48. The van der Waals surface area contributed by atoms with E-state index in [-0.39, 0.29) is 6.10 Å². The summed E-state index contributed by atoms with van der Waals surface area (Å²) in [6.45, 7) is 7.80. The van der Waals surface area contributed by atoms with Crippen LogP contribution in [0.25, 0.3) is 0 Å². The van der Waals surface area contributed by atoms with Gasteiger partial charge in [-0.25, -0.2) is 0 Å². The number of nitrogens with one attached hydrogen (secondary N) is 1. The highest BCUT2D eigenvalue weighted by Crippen LogP contribution is 2.19. The molecular weight excluding hydrogens is 244 g/mol. The third kappa shape index (κ3) is 5.47. The highest BCUT2D eigenvalue weighted by atomic mass is 16.5. The monoisotopic (exact) mass is 272 g/mol. The third-order valence-electron chi connectivity index (χ3n) is 3.95. The molecule has 3 unspecified atom stereocenters. The summed E-state index contributed by atoms with van der Waals surface area (Å²) in [4.78, 5) is 13.5. The molecular formula is C14H28N2O3. The molecule has 19 heavy (non-hydrogen) atoms. The van der Waals surface area contributed by atoms with E-state index in [0.717, 1.165) is 39.0 Å². The molecule has 1 fully saturated rings. The number of carboxylic acid groups (broad SMARTS) is 1. The molecule has 0 aromatic carbocycles. The second-order valence-corrected chi connectivity index (χ2v) is 5.47. The molecule has 0 aliphatic carbocycles. The van der Waals surface area contributed by atoms with Crippen LogP contribution in [0.5, 0.6) is 0 Å². The highest BCUT2D eigenvalue weighted by Gasteiger charge is 2.26. The largest absolute Gasteiger partial charge is 0.480 e. The first-order valence-corrected chi connectivity index (χ1v) is 7.29. The zero-order valence-corrected chi connectivity index (χ0v) is 12.4. The van der Waals surface area contributed by atoms with Gasteiger partial charge in [0.15, 0.2) is 0 Å². The van der Waals surface area contributed by atoms with Crippen LogP contribution in [0.15, 0.2) is 0 Å². The Labute approximate surface area is 116 Å². The van der Waals surface area contributed by atoms with Crippen LogP contribution < -0.4 is 5.32 Å².